The van der Waals surface area contributed by atoms with Crippen LogP contribution in [-0.2, 0) is 34.3 Å². The van der Waals surface area contributed by atoms with E-state index in [1.54, 1.807) is 17.8 Å². The Morgan fingerprint density at radius 1 is 0.935 bits per heavy atom. The number of aryl methyl sites for hydroxylation is 2. The van der Waals surface area contributed by atoms with Crippen molar-refractivity contribution in [2.45, 2.75) is 95.1 Å². The molecule has 3 aliphatic rings. The van der Waals surface area contributed by atoms with Crippen LogP contribution >= 0.6 is 0 Å². The first-order valence-corrected chi connectivity index (χ1v) is 21.9. The lowest BCUT2D eigenvalue weighted by Crippen LogP contribution is -2.46. The van der Waals surface area contributed by atoms with Crippen LogP contribution in [0.1, 0.15) is 81.0 Å². The predicted molar refractivity (Wildman–Crippen MR) is 230 cm³/mol. The Hall–Kier alpha value is -5.10. The Morgan fingerprint density at radius 2 is 1.68 bits per heavy atom. The first-order valence-electron chi connectivity index (χ1n) is 21.9. The van der Waals surface area contributed by atoms with Gasteiger partial charge in [-0.05, 0) is 74.1 Å². The third kappa shape index (κ3) is 10.1. The van der Waals surface area contributed by atoms with E-state index in [0.717, 1.165) is 99.0 Å². The molecule has 1 atom stereocenters. The predicted octanol–water partition coefficient (Wildman–Crippen LogP) is 5.73. The number of nitrogens with one attached hydrogen (secondary N) is 2. The van der Waals surface area contributed by atoms with Gasteiger partial charge in [0, 0.05) is 102 Å². The summed E-state index contributed by atoms with van der Waals surface area (Å²) in [5.41, 5.74) is 6.17. The first kappa shape index (κ1) is 43.5. The highest BCUT2D eigenvalue weighted by molar-refractivity contribution is 6.00. The number of aliphatic hydroxyl groups is 1. The smallest absolute Gasteiger partial charge is 0.390 e. The van der Waals surface area contributed by atoms with Crippen molar-refractivity contribution in [1.29, 1.82) is 0 Å². The van der Waals surface area contributed by atoms with E-state index in [-0.39, 0.29) is 42.7 Å². The molecule has 3 N–H and O–H groups in total. The normalized spacial score (nSPS) is 20.6. The van der Waals surface area contributed by atoms with E-state index in [1.165, 1.54) is 10.1 Å². The van der Waals surface area contributed by atoms with E-state index >= 15 is 0 Å². The highest BCUT2D eigenvalue weighted by Crippen LogP contribution is 2.37. The Balaban J connectivity index is 0.783. The van der Waals surface area contributed by atoms with Gasteiger partial charge in [-0.2, -0.15) is 18.2 Å². The number of piperidine rings is 1. The van der Waals surface area contributed by atoms with Gasteiger partial charge in [0.1, 0.15) is 11.7 Å². The van der Waals surface area contributed by atoms with Crippen LogP contribution in [0.15, 0.2) is 59.7 Å². The van der Waals surface area contributed by atoms with Crippen molar-refractivity contribution < 1.29 is 32.6 Å². The number of piperazine rings is 1. The average Bonchev–Trinajstić information content (AvgIpc) is 3.75. The van der Waals surface area contributed by atoms with Crippen LogP contribution in [0.5, 0.6) is 0 Å². The number of anilines is 1. The minimum atomic E-state index is -4.27. The lowest BCUT2D eigenvalue weighted by atomic mass is 9.93. The van der Waals surface area contributed by atoms with Gasteiger partial charge in [0.15, 0.2) is 0 Å². The number of rotatable bonds is 16. The summed E-state index contributed by atoms with van der Waals surface area (Å²) in [5, 5.41) is 16.1. The monoisotopic (exact) mass is 859 g/mol. The first-order chi connectivity index (χ1) is 29.9. The number of imidazole rings is 1. The zero-order chi connectivity index (χ0) is 43.4. The van der Waals surface area contributed by atoms with E-state index < -0.39 is 24.5 Å². The van der Waals surface area contributed by atoms with E-state index in [4.69, 9.17) is 4.74 Å². The molecule has 1 aliphatic carbocycles. The van der Waals surface area contributed by atoms with E-state index in [9.17, 15) is 32.7 Å². The number of halogens is 3. The molecule has 2 aromatic carbocycles. The fraction of sp³-hybridized carbons (Fsp3) is 0.533. The van der Waals surface area contributed by atoms with Crippen molar-refractivity contribution in [1.82, 2.24) is 38.8 Å². The van der Waals surface area contributed by atoms with Gasteiger partial charge in [0.05, 0.1) is 23.6 Å². The van der Waals surface area contributed by atoms with Crippen molar-refractivity contribution in [2.24, 2.45) is 7.05 Å². The number of aliphatic hydroxyl groups excluding tert-OH is 1. The van der Waals surface area contributed by atoms with Gasteiger partial charge in [-0.1, -0.05) is 36.4 Å². The Morgan fingerprint density at radius 3 is 2.42 bits per heavy atom. The summed E-state index contributed by atoms with van der Waals surface area (Å²) in [6, 6.07) is 13.8. The summed E-state index contributed by atoms with van der Waals surface area (Å²) in [4.78, 5) is 51.5. The molecule has 62 heavy (non-hydrogen) atoms. The third-order valence-corrected chi connectivity index (χ3v) is 12.7. The molecule has 0 radical (unpaired) electrons. The highest BCUT2D eigenvalue weighted by atomic mass is 19.4. The number of para-hydroxylation sites is 1. The zero-order valence-electron chi connectivity index (χ0n) is 35.2. The van der Waals surface area contributed by atoms with Crippen LogP contribution in [0.4, 0.5) is 19.1 Å². The van der Waals surface area contributed by atoms with Gasteiger partial charge in [0.25, 0.3) is 0 Å². The molecule has 2 aliphatic heterocycles. The molecule has 1 saturated carbocycles. The molecule has 0 bridgehead atoms. The SMILES string of the molecule is Cn1c(=O)n([C@H]2CCC(=O)NC2=O)c2cccc(CCCOCCCN3CCN(Cc4ccc(-c5cn([C@H]6CC[C@H](O)CC6)c6nc(NCCC(F)(F)F)ncc56)cc4)CC3)c21. The second kappa shape index (κ2) is 19.1. The van der Waals surface area contributed by atoms with Crippen molar-refractivity contribution in [3.05, 3.63) is 76.5 Å². The minimum Gasteiger partial charge on any atom is -0.393 e. The van der Waals surface area contributed by atoms with Crippen molar-refractivity contribution in [3.8, 4) is 11.1 Å². The number of benzene rings is 2. The number of alkyl halides is 3. The fourth-order valence-electron chi connectivity index (χ4n) is 9.30. The molecule has 3 aromatic heterocycles. The zero-order valence-corrected chi connectivity index (χ0v) is 35.2. The van der Waals surface area contributed by atoms with Crippen LogP contribution in [0.2, 0.25) is 0 Å². The Bertz CT molecular complexity index is 2410. The Kier molecular flexibility index (Phi) is 13.4. The van der Waals surface area contributed by atoms with Crippen LogP contribution < -0.4 is 16.3 Å². The number of imide groups is 1. The van der Waals surface area contributed by atoms with Gasteiger partial charge < -0.3 is 24.6 Å². The maximum absolute atomic E-state index is 13.2. The molecule has 3 fully saturated rings. The molecule has 5 heterocycles. The average molecular weight is 860 g/mol. The molecular weight excluding hydrogens is 804 g/mol. The summed E-state index contributed by atoms with van der Waals surface area (Å²) in [6.45, 7) is 6.74. The molecular formula is C45H56F3N9O5. The number of aromatic nitrogens is 5. The summed E-state index contributed by atoms with van der Waals surface area (Å²) in [5.74, 6) is -0.574. The lowest BCUT2D eigenvalue weighted by molar-refractivity contribution is -0.136. The number of ether oxygens (including phenoxy) is 1. The molecule has 0 unspecified atom stereocenters. The van der Waals surface area contributed by atoms with Crippen molar-refractivity contribution in [2.75, 3.05) is 57.8 Å². The molecule has 5 aromatic rings. The molecule has 332 valence electrons. The van der Waals surface area contributed by atoms with Crippen molar-refractivity contribution in [3.63, 3.8) is 0 Å². The summed E-state index contributed by atoms with van der Waals surface area (Å²) >= 11 is 0. The van der Waals surface area contributed by atoms with Crippen LogP contribution in [0.25, 0.3) is 33.2 Å². The maximum atomic E-state index is 13.2. The lowest BCUT2D eigenvalue weighted by Gasteiger charge is -2.34. The number of hydrogen-bond acceptors (Lipinski definition) is 10. The number of amides is 2. The number of fused-ring (bicyclic) bond motifs is 2. The largest absolute Gasteiger partial charge is 0.393 e. The second-order valence-electron chi connectivity index (χ2n) is 17.0. The van der Waals surface area contributed by atoms with E-state index in [0.29, 0.717) is 43.6 Å². The van der Waals surface area contributed by atoms with Gasteiger partial charge in [0.2, 0.25) is 17.8 Å². The number of nitrogens with zero attached hydrogens (tertiary/aromatic N) is 7. The van der Waals surface area contributed by atoms with Gasteiger partial charge in [-0.25, -0.2) is 9.78 Å². The number of hydrogen-bond donors (Lipinski definition) is 3. The van der Waals surface area contributed by atoms with E-state index in [1.807, 2.05) is 18.2 Å². The topological polar surface area (TPSA) is 152 Å². The van der Waals surface area contributed by atoms with Gasteiger partial charge in [-0.15, -0.1) is 0 Å². The molecule has 14 nitrogen and oxygen atoms in total. The molecule has 8 rings (SSSR count). The summed E-state index contributed by atoms with van der Waals surface area (Å²) in [7, 11) is 1.73. The molecule has 0 spiro atoms. The minimum absolute atomic E-state index is 0.131. The van der Waals surface area contributed by atoms with Crippen LogP contribution in [-0.4, -0.2) is 115 Å². The molecule has 2 saturated heterocycles. The van der Waals surface area contributed by atoms with E-state index in [2.05, 4.69) is 65.4 Å². The summed E-state index contributed by atoms with van der Waals surface area (Å²) in [6.07, 6.45) is 4.21. The van der Waals surface area contributed by atoms with Crippen LogP contribution in [0, 0.1) is 0 Å². The number of carbonyl (C=O) groups excluding carboxylic acids is 2. The van der Waals surface area contributed by atoms with Gasteiger partial charge >= 0.3 is 11.9 Å². The summed E-state index contributed by atoms with van der Waals surface area (Å²) < 4.78 is 49.6. The Labute approximate surface area is 358 Å². The molecule has 2 amide bonds. The second-order valence-corrected chi connectivity index (χ2v) is 17.0. The van der Waals surface area contributed by atoms with Crippen molar-refractivity contribution >= 4 is 39.8 Å². The number of carbonyl (C=O) groups is 2. The quantitative estimate of drug-likeness (QED) is 0.0830. The fourth-order valence-corrected chi connectivity index (χ4v) is 9.30. The standard InChI is InChI=1S/C45H56F3N9O5/c1-53-40-32(5-2-7-37(40)57(44(53)61)38-16-17-39(59)51-42(38)60)6-3-25-62-26-4-20-54-21-23-55(24-22-54)28-30-8-10-31(11-9-30)36-29-56(33-12-14-34(58)15-13-33)41-35(36)27-50-43(52-41)49-19-18-45(46,47)48/h2,5,7-11,27,29,33-34,38,58H,3-4,6,12-26,28H2,1H3,(H,49,50,52)(H,51,59,60)/t33-,34-,38-/m0/s1. The molecule has 17 heteroatoms. The maximum Gasteiger partial charge on any atom is 0.390 e. The van der Waals surface area contributed by atoms with Crippen LogP contribution in [0.3, 0.4) is 0 Å². The van der Waals surface area contributed by atoms with Gasteiger partial charge in [-0.3, -0.25) is 28.9 Å². The highest BCUT2D eigenvalue weighted by Gasteiger charge is 2.32. The third-order valence-electron chi connectivity index (χ3n) is 12.7.